The lowest BCUT2D eigenvalue weighted by molar-refractivity contribution is -0.138. The van der Waals surface area contributed by atoms with Gasteiger partial charge in [-0.15, -0.1) is 0 Å². The van der Waals surface area contributed by atoms with Crippen molar-refractivity contribution in [1.29, 1.82) is 0 Å². The molecule has 22 heavy (non-hydrogen) atoms. The molecular formula is C20H24O2. The quantitative estimate of drug-likeness (QED) is 0.765. The Hall–Kier alpha value is -1.57. The summed E-state index contributed by atoms with van der Waals surface area (Å²) in [5.74, 6) is 3.70. The number of carbonyl (C=O) groups excluding carboxylic acids is 1. The maximum absolute atomic E-state index is 12.9. The van der Waals surface area contributed by atoms with Crippen molar-refractivity contribution < 1.29 is 9.53 Å². The zero-order valence-electron chi connectivity index (χ0n) is 13.3. The molecule has 2 nitrogen and oxygen atoms in total. The minimum atomic E-state index is -0.0162. The minimum absolute atomic E-state index is 0.0162. The molecule has 1 aromatic carbocycles. The van der Waals surface area contributed by atoms with Gasteiger partial charge in [-0.25, -0.2) is 0 Å². The molecule has 1 aromatic rings. The molecule has 4 fully saturated rings. The van der Waals surface area contributed by atoms with E-state index < -0.39 is 0 Å². The second-order valence-electron chi connectivity index (χ2n) is 7.67. The topological polar surface area (TPSA) is 26.3 Å². The Balaban J connectivity index is 1.50. The van der Waals surface area contributed by atoms with Gasteiger partial charge in [-0.1, -0.05) is 18.2 Å². The summed E-state index contributed by atoms with van der Waals surface area (Å²) < 4.78 is 5.17. The van der Waals surface area contributed by atoms with E-state index in [0.717, 1.165) is 48.3 Å². The molecule has 0 unspecified atom stereocenters. The van der Waals surface area contributed by atoms with Gasteiger partial charge in [0, 0.05) is 5.41 Å². The molecule has 0 heterocycles. The molecule has 0 radical (unpaired) electrons. The van der Waals surface area contributed by atoms with E-state index >= 15 is 0 Å². The predicted molar refractivity (Wildman–Crippen MR) is 87.6 cm³/mol. The van der Waals surface area contributed by atoms with Crippen LogP contribution in [0.5, 0.6) is 5.75 Å². The van der Waals surface area contributed by atoms with Crippen LogP contribution in [0.2, 0.25) is 0 Å². The van der Waals surface area contributed by atoms with Crippen molar-refractivity contribution in [2.24, 2.45) is 23.2 Å². The summed E-state index contributed by atoms with van der Waals surface area (Å²) in [4.78, 5) is 12.9. The second-order valence-corrected chi connectivity index (χ2v) is 7.67. The summed E-state index contributed by atoms with van der Waals surface area (Å²) >= 11 is 0. The fourth-order valence-electron chi connectivity index (χ4n) is 5.48. The first kappa shape index (κ1) is 14.0. The van der Waals surface area contributed by atoms with E-state index in [1.54, 1.807) is 7.11 Å². The standard InChI is InChI=1S/C20H24O2/c1-22-18-5-2-14(3-6-18)4-7-19(21)20-11-15-8-16(12-20)10-17(9-15)13-20/h2-7,15-17H,8-13H2,1H3. The molecule has 4 aliphatic rings. The van der Waals surface area contributed by atoms with Gasteiger partial charge in [0.15, 0.2) is 5.78 Å². The fraction of sp³-hybridized carbons (Fsp3) is 0.550. The van der Waals surface area contributed by atoms with Gasteiger partial charge in [-0.05, 0) is 80.1 Å². The van der Waals surface area contributed by atoms with Crippen molar-refractivity contribution in [2.75, 3.05) is 7.11 Å². The number of ether oxygens (including phenoxy) is 1. The average Bonchev–Trinajstić information content (AvgIpc) is 2.51. The highest BCUT2D eigenvalue weighted by Gasteiger charge is 2.53. The minimum Gasteiger partial charge on any atom is -0.497 e. The summed E-state index contributed by atoms with van der Waals surface area (Å²) in [6, 6.07) is 7.88. The molecule has 4 saturated carbocycles. The van der Waals surface area contributed by atoms with E-state index in [1.165, 1.54) is 19.3 Å². The molecule has 116 valence electrons. The van der Waals surface area contributed by atoms with Crippen LogP contribution in [0, 0.1) is 23.2 Å². The Kier molecular flexibility index (Phi) is 3.36. The molecular weight excluding hydrogens is 272 g/mol. The van der Waals surface area contributed by atoms with E-state index in [1.807, 2.05) is 36.4 Å². The van der Waals surface area contributed by atoms with Gasteiger partial charge >= 0.3 is 0 Å². The summed E-state index contributed by atoms with van der Waals surface area (Å²) in [5, 5.41) is 0. The zero-order chi connectivity index (χ0) is 15.2. The normalized spacial score (nSPS) is 36.0. The first-order chi connectivity index (χ1) is 10.7. The number of allylic oxidation sites excluding steroid dienone is 1. The van der Waals surface area contributed by atoms with E-state index in [0.29, 0.717) is 5.78 Å². The first-order valence-electron chi connectivity index (χ1n) is 8.53. The molecule has 5 rings (SSSR count). The molecule has 0 N–H and O–H groups in total. The van der Waals surface area contributed by atoms with Crippen molar-refractivity contribution in [3.63, 3.8) is 0 Å². The van der Waals surface area contributed by atoms with E-state index in [4.69, 9.17) is 4.74 Å². The Morgan fingerprint density at radius 3 is 2.09 bits per heavy atom. The highest BCUT2D eigenvalue weighted by molar-refractivity contribution is 5.98. The SMILES string of the molecule is COc1ccc(C=CC(=O)C23CC4CC(CC(C4)C2)C3)cc1. The van der Waals surface area contributed by atoms with Crippen LogP contribution in [0.1, 0.15) is 44.1 Å². The van der Waals surface area contributed by atoms with Crippen LogP contribution in [0.15, 0.2) is 30.3 Å². The first-order valence-corrected chi connectivity index (χ1v) is 8.53. The monoisotopic (exact) mass is 296 g/mol. The number of hydrogen-bond acceptors (Lipinski definition) is 2. The molecule has 0 aromatic heterocycles. The Morgan fingerprint density at radius 1 is 1.05 bits per heavy atom. The maximum Gasteiger partial charge on any atom is 0.161 e. The van der Waals surface area contributed by atoms with Crippen LogP contribution in [0.25, 0.3) is 6.08 Å². The summed E-state index contributed by atoms with van der Waals surface area (Å²) in [6.07, 6.45) is 11.4. The highest BCUT2D eigenvalue weighted by atomic mass is 16.5. The molecule has 0 amide bonds. The third kappa shape index (κ3) is 2.39. The van der Waals surface area contributed by atoms with Crippen molar-refractivity contribution in [3.8, 4) is 5.75 Å². The van der Waals surface area contributed by atoms with Gasteiger partial charge in [-0.3, -0.25) is 4.79 Å². The Labute approximate surface area is 132 Å². The largest absolute Gasteiger partial charge is 0.497 e. The zero-order valence-corrected chi connectivity index (χ0v) is 13.3. The van der Waals surface area contributed by atoms with Gasteiger partial charge in [0.2, 0.25) is 0 Å². The van der Waals surface area contributed by atoms with Crippen LogP contribution < -0.4 is 4.74 Å². The molecule has 0 saturated heterocycles. The fourth-order valence-corrected chi connectivity index (χ4v) is 5.48. The Morgan fingerprint density at radius 2 is 1.59 bits per heavy atom. The lowest BCUT2D eigenvalue weighted by Gasteiger charge is -2.55. The van der Waals surface area contributed by atoms with Crippen LogP contribution in [-0.2, 0) is 4.79 Å². The molecule has 0 spiro atoms. The smallest absolute Gasteiger partial charge is 0.161 e. The lowest BCUT2D eigenvalue weighted by Crippen LogP contribution is -2.49. The predicted octanol–water partition coefficient (Wildman–Crippen LogP) is 4.49. The van der Waals surface area contributed by atoms with Crippen molar-refractivity contribution in [3.05, 3.63) is 35.9 Å². The van der Waals surface area contributed by atoms with Crippen LogP contribution in [-0.4, -0.2) is 12.9 Å². The van der Waals surface area contributed by atoms with Gasteiger partial charge in [0.1, 0.15) is 5.75 Å². The third-order valence-corrected chi connectivity index (χ3v) is 6.10. The molecule has 2 heteroatoms. The van der Waals surface area contributed by atoms with Gasteiger partial charge < -0.3 is 4.74 Å². The van der Waals surface area contributed by atoms with Crippen molar-refractivity contribution in [2.45, 2.75) is 38.5 Å². The van der Waals surface area contributed by atoms with E-state index in [2.05, 4.69) is 0 Å². The lowest BCUT2D eigenvalue weighted by atomic mass is 9.48. The molecule has 4 aliphatic carbocycles. The molecule has 0 aliphatic heterocycles. The number of rotatable bonds is 4. The van der Waals surface area contributed by atoms with Gasteiger partial charge in [-0.2, -0.15) is 0 Å². The van der Waals surface area contributed by atoms with E-state index in [-0.39, 0.29) is 5.41 Å². The van der Waals surface area contributed by atoms with Crippen LogP contribution in [0.4, 0.5) is 0 Å². The van der Waals surface area contributed by atoms with Crippen molar-refractivity contribution in [1.82, 2.24) is 0 Å². The van der Waals surface area contributed by atoms with Gasteiger partial charge in [0.25, 0.3) is 0 Å². The van der Waals surface area contributed by atoms with E-state index in [9.17, 15) is 4.79 Å². The number of hydrogen-bond donors (Lipinski definition) is 0. The summed E-state index contributed by atoms with van der Waals surface area (Å²) in [7, 11) is 1.67. The summed E-state index contributed by atoms with van der Waals surface area (Å²) in [5.41, 5.74) is 1.05. The number of carbonyl (C=O) groups is 1. The average molecular weight is 296 g/mol. The maximum atomic E-state index is 12.9. The number of ketones is 1. The molecule has 0 atom stereocenters. The third-order valence-electron chi connectivity index (χ3n) is 6.10. The van der Waals surface area contributed by atoms with Crippen LogP contribution in [0.3, 0.4) is 0 Å². The Bertz CT molecular complexity index is 561. The summed E-state index contributed by atoms with van der Waals surface area (Å²) in [6.45, 7) is 0. The second kappa shape index (κ2) is 5.26. The van der Waals surface area contributed by atoms with Crippen LogP contribution >= 0.6 is 0 Å². The molecule has 4 bridgehead atoms. The highest BCUT2D eigenvalue weighted by Crippen LogP contribution is 2.60. The number of methoxy groups -OCH3 is 1. The van der Waals surface area contributed by atoms with Gasteiger partial charge in [0.05, 0.1) is 7.11 Å². The number of benzene rings is 1. The van der Waals surface area contributed by atoms with Crippen molar-refractivity contribution >= 4 is 11.9 Å².